The first-order valence-electron chi connectivity index (χ1n) is 8.49. The van der Waals surface area contributed by atoms with Crippen LogP contribution in [0.5, 0.6) is 0 Å². The molecule has 0 aliphatic heterocycles. The molecule has 1 aromatic rings. The van der Waals surface area contributed by atoms with Crippen molar-refractivity contribution in [3.8, 4) is 0 Å². The highest BCUT2D eigenvalue weighted by atomic mass is 19.4. The number of carbonyl (C=O) groups is 3. The van der Waals surface area contributed by atoms with E-state index in [0.29, 0.717) is 30.9 Å². The number of amides is 2. The number of nitrogens with one attached hydrogen (secondary N) is 2. The third-order valence-corrected chi connectivity index (χ3v) is 4.73. The number of rotatable bonds is 4. The van der Waals surface area contributed by atoms with Crippen LogP contribution in [0.2, 0.25) is 0 Å². The third kappa shape index (κ3) is 4.99. The first-order chi connectivity index (χ1) is 12.4. The van der Waals surface area contributed by atoms with Crippen LogP contribution >= 0.6 is 0 Å². The summed E-state index contributed by atoms with van der Waals surface area (Å²) in [5.41, 5.74) is -3.18. The van der Waals surface area contributed by atoms with Crippen LogP contribution in [0.3, 0.4) is 0 Å². The Hall–Kier alpha value is -2.58. The Morgan fingerprint density at radius 2 is 1.74 bits per heavy atom. The van der Waals surface area contributed by atoms with Gasteiger partial charge in [-0.15, -0.1) is 0 Å². The lowest BCUT2D eigenvalue weighted by molar-refractivity contribution is -0.146. The van der Waals surface area contributed by atoms with E-state index in [4.69, 9.17) is 0 Å². The Morgan fingerprint density at radius 1 is 1.15 bits per heavy atom. The van der Waals surface area contributed by atoms with E-state index in [2.05, 4.69) is 10.6 Å². The van der Waals surface area contributed by atoms with Crippen molar-refractivity contribution in [2.24, 2.45) is 5.92 Å². The topological polar surface area (TPSA) is 95.5 Å². The van der Waals surface area contributed by atoms with E-state index < -0.39 is 35.1 Å². The summed E-state index contributed by atoms with van der Waals surface area (Å²) >= 11 is 0. The monoisotopic (exact) mass is 386 g/mol. The lowest BCUT2D eigenvalue weighted by atomic mass is 9.77. The highest BCUT2D eigenvalue weighted by Crippen LogP contribution is 2.34. The van der Waals surface area contributed by atoms with Gasteiger partial charge in [-0.2, -0.15) is 13.2 Å². The highest BCUT2D eigenvalue weighted by molar-refractivity contribution is 5.99. The Balaban J connectivity index is 2.36. The lowest BCUT2D eigenvalue weighted by Crippen LogP contribution is -2.56. The standard InChI is InChI=1S/C18H21F3N2O4/c1-10-3-5-17(6-4-10,16(26)27)23-15(25)12-7-13(18(19,20)21)9-14(8-12)22-11(2)24/h7-10H,3-6H2,1-2H3,(H,22,24)(H,23,25)(H,26,27). The molecular weight excluding hydrogens is 365 g/mol. The molecule has 6 nitrogen and oxygen atoms in total. The molecule has 0 bridgehead atoms. The van der Waals surface area contributed by atoms with Crippen molar-refractivity contribution < 1.29 is 32.7 Å². The summed E-state index contributed by atoms with van der Waals surface area (Å²) in [7, 11) is 0. The summed E-state index contributed by atoms with van der Waals surface area (Å²) in [4.78, 5) is 35.5. The summed E-state index contributed by atoms with van der Waals surface area (Å²) in [5, 5.41) is 14.2. The molecule has 0 aromatic heterocycles. The number of carboxylic acid groups (broad SMARTS) is 1. The SMILES string of the molecule is CC(=O)Nc1cc(C(=O)NC2(C(=O)O)CCC(C)CC2)cc(C(F)(F)F)c1. The van der Waals surface area contributed by atoms with E-state index in [-0.39, 0.29) is 24.1 Å². The average molecular weight is 386 g/mol. The minimum Gasteiger partial charge on any atom is -0.480 e. The molecule has 27 heavy (non-hydrogen) atoms. The molecule has 1 aliphatic rings. The van der Waals surface area contributed by atoms with Gasteiger partial charge in [-0.25, -0.2) is 4.79 Å². The molecule has 0 unspecified atom stereocenters. The highest BCUT2D eigenvalue weighted by Gasteiger charge is 2.43. The number of anilines is 1. The second-order valence-electron chi connectivity index (χ2n) is 7.00. The molecule has 1 saturated carbocycles. The van der Waals surface area contributed by atoms with Crippen molar-refractivity contribution in [3.05, 3.63) is 29.3 Å². The van der Waals surface area contributed by atoms with Crippen molar-refractivity contribution in [3.63, 3.8) is 0 Å². The fraction of sp³-hybridized carbons (Fsp3) is 0.500. The van der Waals surface area contributed by atoms with Crippen LogP contribution in [-0.4, -0.2) is 28.4 Å². The molecule has 1 fully saturated rings. The van der Waals surface area contributed by atoms with Crippen LogP contribution in [0.25, 0.3) is 0 Å². The maximum Gasteiger partial charge on any atom is 0.416 e. The maximum atomic E-state index is 13.1. The number of benzene rings is 1. The number of hydrogen-bond acceptors (Lipinski definition) is 3. The predicted octanol–water partition coefficient (Wildman–Crippen LogP) is 3.43. The summed E-state index contributed by atoms with van der Waals surface area (Å²) in [6.45, 7) is 3.10. The van der Waals surface area contributed by atoms with Gasteiger partial charge in [-0.1, -0.05) is 6.92 Å². The molecule has 0 heterocycles. The molecule has 2 rings (SSSR count). The van der Waals surface area contributed by atoms with Gasteiger partial charge in [0.2, 0.25) is 5.91 Å². The zero-order valence-electron chi connectivity index (χ0n) is 14.9. The molecule has 0 spiro atoms. The molecule has 0 radical (unpaired) electrons. The minimum atomic E-state index is -4.73. The van der Waals surface area contributed by atoms with Gasteiger partial charge in [0.25, 0.3) is 5.91 Å². The molecule has 3 N–H and O–H groups in total. The Bertz CT molecular complexity index is 753. The van der Waals surface area contributed by atoms with Gasteiger partial charge in [0.15, 0.2) is 0 Å². The molecule has 1 aliphatic carbocycles. The van der Waals surface area contributed by atoms with Crippen molar-refractivity contribution in [2.75, 3.05) is 5.32 Å². The number of hydrogen-bond donors (Lipinski definition) is 3. The number of aliphatic carboxylic acids is 1. The average Bonchev–Trinajstić information content (AvgIpc) is 2.55. The first-order valence-corrected chi connectivity index (χ1v) is 8.49. The van der Waals surface area contributed by atoms with E-state index in [9.17, 15) is 32.7 Å². The molecule has 148 valence electrons. The fourth-order valence-corrected chi connectivity index (χ4v) is 3.13. The van der Waals surface area contributed by atoms with E-state index >= 15 is 0 Å². The Morgan fingerprint density at radius 3 is 2.22 bits per heavy atom. The number of alkyl halides is 3. The van der Waals surface area contributed by atoms with Gasteiger partial charge in [-0.05, 0) is 49.8 Å². The first kappa shape index (κ1) is 20.7. The van der Waals surface area contributed by atoms with Crippen molar-refractivity contribution >= 4 is 23.5 Å². The summed E-state index contributed by atoms with van der Waals surface area (Å²) < 4.78 is 39.3. The van der Waals surface area contributed by atoms with Crippen LogP contribution < -0.4 is 10.6 Å². The number of halogens is 3. The summed E-state index contributed by atoms with van der Waals surface area (Å²) in [6, 6.07) is 2.45. The van der Waals surface area contributed by atoms with Crippen LogP contribution in [0.4, 0.5) is 18.9 Å². The smallest absolute Gasteiger partial charge is 0.416 e. The number of carbonyl (C=O) groups excluding carboxylic acids is 2. The fourth-order valence-electron chi connectivity index (χ4n) is 3.13. The second kappa shape index (κ2) is 7.58. The van der Waals surface area contributed by atoms with E-state index in [1.54, 1.807) is 0 Å². The van der Waals surface area contributed by atoms with Gasteiger partial charge < -0.3 is 15.7 Å². The largest absolute Gasteiger partial charge is 0.480 e. The molecule has 2 amide bonds. The summed E-state index contributed by atoms with van der Waals surface area (Å²) in [6.07, 6.45) is -3.15. The van der Waals surface area contributed by atoms with Gasteiger partial charge >= 0.3 is 12.1 Å². The molecule has 1 aromatic carbocycles. The Kier molecular flexibility index (Phi) is 5.82. The van der Waals surface area contributed by atoms with Crippen LogP contribution in [0, 0.1) is 5.92 Å². The van der Waals surface area contributed by atoms with E-state index in [0.717, 1.165) is 13.0 Å². The minimum absolute atomic E-state index is 0.191. The zero-order chi connectivity index (χ0) is 20.4. The van der Waals surface area contributed by atoms with E-state index in [1.807, 2.05) is 6.92 Å². The lowest BCUT2D eigenvalue weighted by Gasteiger charge is -2.36. The van der Waals surface area contributed by atoms with Crippen LogP contribution in [-0.2, 0) is 15.8 Å². The maximum absolute atomic E-state index is 13.1. The van der Waals surface area contributed by atoms with Gasteiger partial charge in [-0.3, -0.25) is 9.59 Å². The molecule has 0 atom stereocenters. The normalized spacial score (nSPS) is 22.8. The molecule has 0 saturated heterocycles. The predicted molar refractivity (Wildman–Crippen MR) is 91.2 cm³/mol. The van der Waals surface area contributed by atoms with Crippen molar-refractivity contribution in [1.82, 2.24) is 5.32 Å². The quantitative estimate of drug-likeness (QED) is 0.739. The van der Waals surface area contributed by atoms with Crippen molar-refractivity contribution in [1.29, 1.82) is 0 Å². The number of carboxylic acids is 1. The van der Waals surface area contributed by atoms with Crippen LogP contribution in [0.1, 0.15) is 55.5 Å². The van der Waals surface area contributed by atoms with Crippen molar-refractivity contribution in [2.45, 2.75) is 51.2 Å². The summed E-state index contributed by atoms with van der Waals surface area (Å²) in [5.74, 6) is -2.42. The molecule has 9 heteroatoms. The third-order valence-electron chi connectivity index (χ3n) is 4.73. The van der Waals surface area contributed by atoms with Gasteiger partial charge in [0.1, 0.15) is 5.54 Å². The van der Waals surface area contributed by atoms with Gasteiger partial charge in [0, 0.05) is 18.2 Å². The Labute approximate surface area is 154 Å². The molecular formula is C18H21F3N2O4. The zero-order valence-corrected chi connectivity index (χ0v) is 14.9. The van der Waals surface area contributed by atoms with Gasteiger partial charge in [0.05, 0.1) is 5.56 Å². The van der Waals surface area contributed by atoms with Crippen LogP contribution in [0.15, 0.2) is 18.2 Å². The van der Waals surface area contributed by atoms with E-state index in [1.165, 1.54) is 0 Å². The second-order valence-corrected chi connectivity index (χ2v) is 7.00.